The number of aliphatic imine (C=N–C) groups is 1. The summed E-state index contributed by atoms with van der Waals surface area (Å²) in [6.07, 6.45) is 1.05. The van der Waals surface area contributed by atoms with Gasteiger partial charge in [-0.2, -0.15) is 0 Å². The normalized spacial score (nSPS) is 17.2. The molecular weight excluding hydrogens is 388 g/mol. The van der Waals surface area contributed by atoms with Crippen LogP contribution in [0.4, 0.5) is 0 Å². The van der Waals surface area contributed by atoms with Crippen LogP contribution in [0.3, 0.4) is 0 Å². The van der Waals surface area contributed by atoms with Crippen molar-refractivity contribution in [2.24, 2.45) is 4.99 Å². The Morgan fingerprint density at radius 3 is 3.05 bits per heavy atom. The van der Waals surface area contributed by atoms with Crippen LogP contribution in [0.5, 0.6) is 0 Å². The molecule has 0 saturated heterocycles. The lowest BCUT2D eigenvalue weighted by molar-refractivity contribution is 0.647. The fourth-order valence-electron chi connectivity index (χ4n) is 2.75. The number of halogens is 2. The van der Waals surface area contributed by atoms with Crippen molar-refractivity contribution < 1.29 is 0 Å². The minimum absolute atomic E-state index is 0. The third-order valence-corrected chi connectivity index (χ3v) is 6.12. The van der Waals surface area contributed by atoms with Gasteiger partial charge in [0.05, 0.1) is 12.2 Å². The minimum atomic E-state index is 0. The molecule has 21 heavy (non-hydrogen) atoms. The number of allylic oxidation sites excluding steroid dienone is 1. The monoisotopic (exact) mass is 400 g/mol. The lowest BCUT2D eigenvalue weighted by atomic mass is 10.1. The van der Waals surface area contributed by atoms with Crippen molar-refractivity contribution in [3.8, 4) is 0 Å². The maximum absolute atomic E-state index is 6.18. The molecule has 0 fully saturated rings. The van der Waals surface area contributed by atoms with Gasteiger partial charge in [-0.25, -0.2) is 0 Å². The summed E-state index contributed by atoms with van der Waals surface area (Å²) >= 11 is 9.80. The van der Waals surface area contributed by atoms with Crippen LogP contribution in [0.15, 0.2) is 33.5 Å². The number of fused-ring (bicyclic) bond motifs is 2. The van der Waals surface area contributed by atoms with Crippen LogP contribution in [0, 0.1) is 0 Å². The lowest BCUT2D eigenvalue weighted by Gasteiger charge is -2.16. The highest BCUT2D eigenvalue weighted by atomic mass is 79.9. The molecule has 6 heteroatoms. The molecule has 0 radical (unpaired) electrons. The van der Waals surface area contributed by atoms with Crippen LogP contribution in [0.2, 0.25) is 5.02 Å². The molecule has 2 nitrogen and oxygen atoms in total. The van der Waals surface area contributed by atoms with E-state index in [0.717, 1.165) is 24.5 Å². The summed E-state index contributed by atoms with van der Waals surface area (Å²) in [6, 6.07) is 6.16. The molecule has 0 amide bonds. The molecule has 0 aliphatic carbocycles. The van der Waals surface area contributed by atoms with Gasteiger partial charge in [-0.3, -0.25) is 4.99 Å². The number of thioether (sulfide) groups is 1. The number of thiophene rings is 1. The van der Waals surface area contributed by atoms with Crippen molar-refractivity contribution in [2.45, 2.75) is 13.3 Å². The molecule has 110 valence electrons. The smallest absolute Gasteiger partial charge is 0.168 e. The number of hydrogen-bond donors (Lipinski definition) is 0. The van der Waals surface area contributed by atoms with Crippen LogP contribution in [-0.4, -0.2) is 23.2 Å². The molecule has 2 aliphatic rings. The molecule has 0 unspecified atom stereocenters. The fourth-order valence-corrected chi connectivity index (χ4v) is 4.98. The van der Waals surface area contributed by atoms with E-state index < -0.39 is 0 Å². The molecule has 1 aromatic carbocycles. The number of nitrogens with zero attached hydrogens (tertiary/aromatic N) is 2. The van der Waals surface area contributed by atoms with E-state index in [9.17, 15) is 0 Å². The maximum atomic E-state index is 6.18. The first kappa shape index (κ1) is 15.4. The molecule has 2 aromatic rings. The van der Waals surface area contributed by atoms with Crippen molar-refractivity contribution in [1.82, 2.24) is 4.90 Å². The summed E-state index contributed by atoms with van der Waals surface area (Å²) < 4.78 is 1.29. The van der Waals surface area contributed by atoms with Gasteiger partial charge in [-0.1, -0.05) is 30.3 Å². The highest BCUT2D eigenvalue weighted by Gasteiger charge is 2.33. The molecule has 3 heterocycles. The second-order valence-corrected chi connectivity index (χ2v) is 7.24. The van der Waals surface area contributed by atoms with E-state index in [0.29, 0.717) is 0 Å². The predicted molar refractivity (Wildman–Crippen MR) is 101 cm³/mol. The molecule has 4 rings (SSSR count). The summed E-state index contributed by atoms with van der Waals surface area (Å²) in [4.78, 5) is 8.38. The van der Waals surface area contributed by atoms with Crippen molar-refractivity contribution in [3.05, 3.63) is 39.1 Å². The van der Waals surface area contributed by atoms with E-state index in [-0.39, 0.29) is 17.0 Å². The quantitative estimate of drug-likeness (QED) is 0.648. The van der Waals surface area contributed by atoms with E-state index in [1.165, 1.54) is 31.4 Å². The Balaban J connectivity index is 0.00000132. The van der Waals surface area contributed by atoms with Crippen LogP contribution in [0.25, 0.3) is 15.8 Å². The third-order valence-electron chi connectivity index (χ3n) is 3.66. The lowest BCUT2D eigenvalue weighted by Crippen LogP contribution is -2.19. The Labute approximate surface area is 147 Å². The first-order valence-corrected chi connectivity index (χ1v) is 8.75. The van der Waals surface area contributed by atoms with Gasteiger partial charge in [0.1, 0.15) is 0 Å². The van der Waals surface area contributed by atoms with Crippen LogP contribution in [-0.2, 0) is 0 Å². The van der Waals surface area contributed by atoms with Gasteiger partial charge in [0.15, 0.2) is 5.17 Å². The van der Waals surface area contributed by atoms with E-state index in [1.54, 1.807) is 11.3 Å². The Morgan fingerprint density at radius 2 is 2.24 bits per heavy atom. The van der Waals surface area contributed by atoms with Crippen molar-refractivity contribution in [1.29, 1.82) is 0 Å². The third kappa shape index (κ3) is 2.44. The summed E-state index contributed by atoms with van der Waals surface area (Å²) in [5.74, 6) is 0. The van der Waals surface area contributed by atoms with Gasteiger partial charge >= 0.3 is 0 Å². The minimum Gasteiger partial charge on any atom is -0.318 e. The van der Waals surface area contributed by atoms with E-state index in [4.69, 9.17) is 11.6 Å². The number of rotatable bonds is 2. The van der Waals surface area contributed by atoms with Crippen molar-refractivity contribution >= 4 is 72.6 Å². The molecular formula is C15H14BrClN2S2. The fraction of sp³-hybridized carbons (Fsp3) is 0.267. The average molecular weight is 402 g/mol. The second-order valence-electron chi connectivity index (χ2n) is 4.83. The van der Waals surface area contributed by atoms with E-state index in [2.05, 4.69) is 34.3 Å². The van der Waals surface area contributed by atoms with Crippen LogP contribution < -0.4 is 0 Å². The molecule has 0 bridgehead atoms. The Kier molecular flexibility index (Phi) is 4.37. The number of benzene rings is 1. The first-order valence-electron chi connectivity index (χ1n) is 6.68. The summed E-state index contributed by atoms with van der Waals surface area (Å²) in [5.41, 5.74) is 2.66. The second kappa shape index (κ2) is 5.95. The van der Waals surface area contributed by atoms with Crippen LogP contribution in [0.1, 0.15) is 18.9 Å². The van der Waals surface area contributed by atoms with E-state index in [1.807, 2.05) is 17.8 Å². The van der Waals surface area contributed by atoms with Crippen LogP contribution >= 0.6 is 51.7 Å². The summed E-state index contributed by atoms with van der Waals surface area (Å²) in [5, 5.41) is 5.49. The van der Waals surface area contributed by atoms with Gasteiger partial charge < -0.3 is 4.90 Å². The van der Waals surface area contributed by atoms with Crippen molar-refractivity contribution in [2.75, 3.05) is 13.1 Å². The molecule has 0 saturated carbocycles. The topological polar surface area (TPSA) is 15.6 Å². The maximum Gasteiger partial charge on any atom is 0.168 e. The van der Waals surface area contributed by atoms with Gasteiger partial charge in [0.25, 0.3) is 0 Å². The Hall–Kier alpha value is -0.490. The molecule has 0 atom stereocenters. The van der Waals surface area contributed by atoms with Gasteiger partial charge in [0, 0.05) is 37.5 Å². The van der Waals surface area contributed by atoms with E-state index >= 15 is 0 Å². The van der Waals surface area contributed by atoms with Gasteiger partial charge in [-0.15, -0.1) is 28.3 Å². The number of hydrogen-bond acceptors (Lipinski definition) is 4. The predicted octanol–water partition coefficient (Wildman–Crippen LogP) is 5.63. The summed E-state index contributed by atoms with van der Waals surface area (Å²) in [7, 11) is 0. The highest BCUT2D eigenvalue weighted by molar-refractivity contribution is 8.93. The van der Waals surface area contributed by atoms with Gasteiger partial charge in [0.2, 0.25) is 0 Å². The summed E-state index contributed by atoms with van der Waals surface area (Å²) in [6.45, 7) is 4.12. The average Bonchev–Trinajstić information content (AvgIpc) is 3.11. The Bertz CT molecular complexity index is 766. The van der Waals surface area contributed by atoms with Gasteiger partial charge in [-0.05, 0) is 24.6 Å². The zero-order chi connectivity index (χ0) is 13.7. The first-order chi connectivity index (χ1) is 9.78. The van der Waals surface area contributed by atoms with Crippen molar-refractivity contribution in [3.63, 3.8) is 0 Å². The molecule has 1 aromatic heterocycles. The SMILES string of the molecule is Br.CCC1=C(c2csc3ccc(Cl)cc23)N2CCN=C2S1. The Morgan fingerprint density at radius 1 is 1.38 bits per heavy atom. The molecule has 2 aliphatic heterocycles. The molecule has 0 spiro atoms. The standard InChI is InChI=1S/C15H13ClN2S2.BrH/c1-2-12-14(18-6-5-17-15(18)20-12)11-8-19-13-4-3-9(16)7-10(11)13;/h3-4,7-8H,2,5-6H2,1H3;1H. The molecule has 0 N–H and O–H groups in total. The largest absolute Gasteiger partial charge is 0.318 e. The number of amidine groups is 1. The highest BCUT2D eigenvalue weighted by Crippen LogP contribution is 2.46. The zero-order valence-electron chi connectivity index (χ0n) is 11.4. The zero-order valence-corrected chi connectivity index (χ0v) is 15.5.